The standard InChI is InChI=1S/C18H20N6O2/c1-23(2)16-9-8-12(11-20-16)21-18(26)14-10-15(17(19)25)24(22-14)13-6-4-3-5-7-13/h3-9,11,15H,10H2,1-2H3,(H2,19,25)(H,21,26). The fraction of sp³-hybridized carbons (Fsp3) is 0.222. The Hall–Kier alpha value is -3.42. The predicted octanol–water partition coefficient (Wildman–Crippen LogP) is 1.21. The number of anilines is 3. The van der Waals surface area contributed by atoms with E-state index in [0.29, 0.717) is 11.4 Å². The summed E-state index contributed by atoms with van der Waals surface area (Å²) in [5, 5.41) is 8.55. The molecule has 1 aromatic carbocycles. The Balaban J connectivity index is 1.77. The van der Waals surface area contributed by atoms with Gasteiger partial charge < -0.3 is 16.0 Å². The summed E-state index contributed by atoms with van der Waals surface area (Å²) in [5.41, 5.74) is 6.99. The second-order valence-corrected chi connectivity index (χ2v) is 6.10. The molecule has 26 heavy (non-hydrogen) atoms. The van der Waals surface area contributed by atoms with Gasteiger partial charge in [-0.3, -0.25) is 14.6 Å². The summed E-state index contributed by atoms with van der Waals surface area (Å²) in [5.74, 6) is -0.128. The highest BCUT2D eigenvalue weighted by Gasteiger charge is 2.34. The van der Waals surface area contributed by atoms with Gasteiger partial charge in [-0.1, -0.05) is 18.2 Å². The van der Waals surface area contributed by atoms with Crippen molar-refractivity contribution >= 4 is 34.7 Å². The van der Waals surface area contributed by atoms with Crippen LogP contribution in [-0.4, -0.2) is 42.6 Å². The number of amides is 2. The molecule has 0 aliphatic carbocycles. The molecule has 1 atom stereocenters. The molecule has 1 aliphatic heterocycles. The summed E-state index contributed by atoms with van der Waals surface area (Å²) in [6.07, 6.45) is 1.72. The van der Waals surface area contributed by atoms with Gasteiger partial charge in [-0.15, -0.1) is 0 Å². The molecule has 0 fully saturated rings. The van der Waals surface area contributed by atoms with Crippen molar-refractivity contribution in [2.24, 2.45) is 10.8 Å². The SMILES string of the molecule is CN(C)c1ccc(NC(=O)C2=NN(c3ccccc3)C(C(N)=O)C2)cn1. The van der Waals surface area contributed by atoms with E-state index in [1.54, 1.807) is 18.3 Å². The molecule has 2 aromatic rings. The number of nitrogens with one attached hydrogen (secondary N) is 1. The fourth-order valence-corrected chi connectivity index (χ4v) is 2.62. The number of nitrogens with two attached hydrogens (primary N) is 1. The molecule has 1 unspecified atom stereocenters. The largest absolute Gasteiger partial charge is 0.368 e. The summed E-state index contributed by atoms with van der Waals surface area (Å²) >= 11 is 0. The number of carbonyl (C=O) groups excluding carboxylic acids is 2. The van der Waals surface area contributed by atoms with Crippen LogP contribution < -0.4 is 21.0 Å². The first-order chi connectivity index (χ1) is 12.5. The number of primary amides is 1. The van der Waals surface area contributed by atoms with Gasteiger partial charge in [-0.05, 0) is 24.3 Å². The zero-order valence-corrected chi connectivity index (χ0v) is 14.6. The number of hydrogen-bond acceptors (Lipinski definition) is 6. The van der Waals surface area contributed by atoms with Gasteiger partial charge in [0.1, 0.15) is 17.6 Å². The van der Waals surface area contributed by atoms with Crippen molar-refractivity contribution in [3.05, 3.63) is 48.7 Å². The quantitative estimate of drug-likeness (QED) is 0.842. The summed E-state index contributed by atoms with van der Waals surface area (Å²) in [4.78, 5) is 30.4. The maximum atomic E-state index is 12.5. The van der Waals surface area contributed by atoms with Crippen LogP contribution in [0, 0.1) is 0 Å². The topological polar surface area (TPSA) is 104 Å². The highest BCUT2D eigenvalue weighted by molar-refractivity contribution is 6.44. The smallest absolute Gasteiger partial charge is 0.272 e. The van der Waals surface area contributed by atoms with Crippen molar-refractivity contribution < 1.29 is 9.59 Å². The van der Waals surface area contributed by atoms with E-state index < -0.39 is 11.9 Å². The third-order valence-corrected chi connectivity index (χ3v) is 3.99. The number of hydrazone groups is 1. The molecular weight excluding hydrogens is 332 g/mol. The van der Waals surface area contributed by atoms with Gasteiger partial charge in [0.15, 0.2) is 0 Å². The van der Waals surface area contributed by atoms with Gasteiger partial charge in [0, 0.05) is 20.5 Å². The van der Waals surface area contributed by atoms with Crippen LogP contribution >= 0.6 is 0 Å². The number of nitrogens with zero attached hydrogens (tertiary/aromatic N) is 4. The summed E-state index contributed by atoms with van der Waals surface area (Å²) in [6.45, 7) is 0. The lowest BCUT2D eigenvalue weighted by molar-refractivity contribution is -0.119. The lowest BCUT2D eigenvalue weighted by Gasteiger charge is -2.20. The normalized spacial score (nSPS) is 16.2. The second kappa shape index (κ2) is 7.22. The third kappa shape index (κ3) is 3.64. The number of pyridine rings is 1. The van der Waals surface area contributed by atoms with Gasteiger partial charge in [0.2, 0.25) is 5.91 Å². The number of aromatic nitrogens is 1. The molecule has 8 nitrogen and oxygen atoms in total. The number of rotatable bonds is 5. The molecule has 3 N–H and O–H groups in total. The molecule has 0 bridgehead atoms. The van der Waals surface area contributed by atoms with E-state index in [1.165, 1.54) is 5.01 Å². The van der Waals surface area contributed by atoms with Gasteiger partial charge in [-0.2, -0.15) is 5.10 Å². The highest BCUT2D eigenvalue weighted by atomic mass is 16.2. The zero-order valence-electron chi connectivity index (χ0n) is 14.6. The molecule has 2 amide bonds. The van der Waals surface area contributed by atoms with Crippen molar-refractivity contribution in [2.45, 2.75) is 12.5 Å². The van der Waals surface area contributed by atoms with Gasteiger partial charge in [0.25, 0.3) is 5.91 Å². The predicted molar refractivity (Wildman–Crippen MR) is 101 cm³/mol. The minimum Gasteiger partial charge on any atom is -0.368 e. The third-order valence-electron chi connectivity index (χ3n) is 3.99. The summed E-state index contributed by atoms with van der Waals surface area (Å²) < 4.78 is 0. The Kier molecular flexibility index (Phi) is 4.83. The minimum atomic E-state index is -0.688. The highest BCUT2D eigenvalue weighted by Crippen LogP contribution is 2.24. The molecule has 0 saturated carbocycles. The Morgan fingerprint density at radius 1 is 1.19 bits per heavy atom. The first-order valence-electron chi connectivity index (χ1n) is 8.11. The Morgan fingerprint density at radius 3 is 2.50 bits per heavy atom. The first kappa shape index (κ1) is 17.4. The van der Waals surface area contributed by atoms with E-state index in [4.69, 9.17) is 5.73 Å². The fourth-order valence-electron chi connectivity index (χ4n) is 2.62. The number of hydrogen-bond donors (Lipinski definition) is 2. The van der Waals surface area contributed by atoms with E-state index >= 15 is 0 Å². The molecule has 134 valence electrons. The molecule has 0 spiro atoms. The lowest BCUT2D eigenvalue weighted by Crippen LogP contribution is -2.39. The molecule has 1 aromatic heterocycles. The zero-order chi connectivity index (χ0) is 18.7. The molecule has 0 radical (unpaired) electrons. The van der Waals surface area contributed by atoms with Crippen LogP contribution in [0.5, 0.6) is 0 Å². The lowest BCUT2D eigenvalue weighted by atomic mass is 10.1. The maximum Gasteiger partial charge on any atom is 0.272 e. The Morgan fingerprint density at radius 2 is 1.92 bits per heavy atom. The molecule has 8 heteroatoms. The van der Waals surface area contributed by atoms with Crippen molar-refractivity contribution in [3.63, 3.8) is 0 Å². The monoisotopic (exact) mass is 352 g/mol. The van der Waals surface area contributed by atoms with Crippen LogP contribution in [0.15, 0.2) is 53.8 Å². The van der Waals surface area contributed by atoms with Gasteiger partial charge >= 0.3 is 0 Å². The first-order valence-corrected chi connectivity index (χ1v) is 8.11. The molecule has 1 aliphatic rings. The van der Waals surface area contributed by atoms with E-state index in [2.05, 4.69) is 15.4 Å². The van der Waals surface area contributed by atoms with Crippen molar-refractivity contribution in [3.8, 4) is 0 Å². The van der Waals surface area contributed by atoms with Crippen LogP contribution in [0.25, 0.3) is 0 Å². The maximum absolute atomic E-state index is 12.5. The van der Waals surface area contributed by atoms with E-state index in [-0.39, 0.29) is 18.0 Å². The molecular formula is C18H20N6O2. The van der Waals surface area contributed by atoms with Crippen LogP contribution in [0.4, 0.5) is 17.2 Å². The van der Waals surface area contributed by atoms with Gasteiger partial charge in [-0.25, -0.2) is 4.98 Å². The molecule has 2 heterocycles. The Bertz CT molecular complexity index is 833. The van der Waals surface area contributed by atoms with E-state index in [1.807, 2.05) is 49.3 Å². The summed E-state index contributed by atoms with van der Waals surface area (Å²) in [7, 11) is 3.77. The second-order valence-electron chi connectivity index (χ2n) is 6.10. The van der Waals surface area contributed by atoms with Crippen molar-refractivity contribution in [1.29, 1.82) is 0 Å². The molecule has 3 rings (SSSR count). The minimum absolute atomic E-state index is 0.152. The van der Waals surface area contributed by atoms with Crippen LogP contribution in [-0.2, 0) is 9.59 Å². The average Bonchev–Trinajstić information content (AvgIpc) is 3.09. The number of carbonyl (C=O) groups is 2. The van der Waals surface area contributed by atoms with Crippen LogP contribution in [0.2, 0.25) is 0 Å². The van der Waals surface area contributed by atoms with E-state index in [0.717, 1.165) is 5.82 Å². The van der Waals surface area contributed by atoms with Gasteiger partial charge in [0.05, 0.1) is 17.6 Å². The number of para-hydroxylation sites is 1. The van der Waals surface area contributed by atoms with E-state index in [9.17, 15) is 9.59 Å². The Labute approximate surface area is 151 Å². The number of benzene rings is 1. The van der Waals surface area contributed by atoms with Crippen molar-refractivity contribution in [2.75, 3.05) is 29.3 Å². The molecule has 0 saturated heterocycles. The van der Waals surface area contributed by atoms with Crippen LogP contribution in [0.3, 0.4) is 0 Å². The average molecular weight is 352 g/mol. The van der Waals surface area contributed by atoms with Crippen molar-refractivity contribution in [1.82, 2.24) is 4.98 Å². The van der Waals surface area contributed by atoms with Crippen LogP contribution in [0.1, 0.15) is 6.42 Å². The summed E-state index contributed by atoms with van der Waals surface area (Å²) in [6, 6.07) is 12.0.